The molecular weight excluding hydrogens is 245 g/mol. The lowest BCUT2D eigenvalue weighted by molar-refractivity contribution is 0.0691. The molecule has 0 unspecified atom stereocenters. The van der Waals surface area contributed by atoms with Crippen molar-refractivity contribution >= 4 is 17.7 Å². The SMILES string of the molecule is O=C(O)c1ccnc(Sc2ccncn2)c1F. The van der Waals surface area contributed by atoms with Crippen LogP contribution in [0.1, 0.15) is 10.4 Å². The van der Waals surface area contributed by atoms with Gasteiger partial charge in [0.05, 0.1) is 5.56 Å². The van der Waals surface area contributed by atoms with Crippen LogP contribution in [0.4, 0.5) is 4.39 Å². The maximum atomic E-state index is 13.7. The molecule has 0 aromatic carbocycles. The number of rotatable bonds is 3. The van der Waals surface area contributed by atoms with Gasteiger partial charge in [-0.05, 0) is 23.9 Å². The highest BCUT2D eigenvalue weighted by Gasteiger charge is 2.16. The van der Waals surface area contributed by atoms with Gasteiger partial charge < -0.3 is 5.11 Å². The van der Waals surface area contributed by atoms with Gasteiger partial charge in [-0.1, -0.05) is 0 Å². The summed E-state index contributed by atoms with van der Waals surface area (Å²) in [4.78, 5) is 22.1. The Kier molecular flexibility index (Phi) is 3.29. The maximum absolute atomic E-state index is 13.7. The molecular formula is C10H6FN3O2S. The van der Waals surface area contributed by atoms with Crippen molar-refractivity contribution in [3.05, 3.63) is 42.2 Å². The fraction of sp³-hybridized carbons (Fsp3) is 0. The molecule has 2 aromatic rings. The van der Waals surface area contributed by atoms with Crippen molar-refractivity contribution in [3.8, 4) is 0 Å². The summed E-state index contributed by atoms with van der Waals surface area (Å²) in [6.45, 7) is 0. The topological polar surface area (TPSA) is 76.0 Å². The molecule has 2 rings (SSSR count). The molecule has 1 N–H and O–H groups in total. The van der Waals surface area contributed by atoms with Gasteiger partial charge in [-0.15, -0.1) is 0 Å². The van der Waals surface area contributed by atoms with Gasteiger partial charge in [-0.2, -0.15) is 0 Å². The Balaban J connectivity index is 2.34. The van der Waals surface area contributed by atoms with Gasteiger partial charge in [0.15, 0.2) is 5.82 Å². The Morgan fingerprint density at radius 3 is 2.76 bits per heavy atom. The highest BCUT2D eigenvalue weighted by atomic mass is 32.2. The number of halogens is 1. The summed E-state index contributed by atoms with van der Waals surface area (Å²) in [6, 6.07) is 2.70. The first-order valence-corrected chi connectivity index (χ1v) is 5.32. The van der Waals surface area contributed by atoms with Crippen molar-refractivity contribution in [3.63, 3.8) is 0 Å². The zero-order chi connectivity index (χ0) is 12.3. The van der Waals surface area contributed by atoms with Crippen molar-refractivity contribution in [1.29, 1.82) is 0 Å². The summed E-state index contributed by atoms with van der Waals surface area (Å²) in [5, 5.41) is 9.22. The summed E-state index contributed by atoms with van der Waals surface area (Å²) < 4.78 is 13.7. The highest BCUT2D eigenvalue weighted by molar-refractivity contribution is 7.99. The van der Waals surface area contributed by atoms with Crippen molar-refractivity contribution < 1.29 is 14.3 Å². The Hall–Kier alpha value is -2.02. The van der Waals surface area contributed by atoms with E-state index in [4.69, 9.17) is 5.11 Å². The average Bonchev–Trinajstić information content (AvgIpc) is 2.33. The molecule has 86 valence electrons. The number of aromatic nitrogens is 3. The summed E-state index contributed by atoms with van der Waals surface area (Å²) in [5.74, 6) is -2.18. The van der Waals surface area contributed by atoms with Crippen LogP contribution in [-0.4, -0.2) is 26.0 Å². The number of hydrogen-bond donors (Lipinski definition) is 1. The van der Waals surface area contributed by atoms with E-state index >= 15 is 0 Å². The Morgan fingerprint density at radius 2 is 2.12 bits per heavy atom. The third-order valence-corrected chi connectivity index (χ3v) is 2.77. The number of carboxylic acids is 1. The zero-order valence-electron chi connectivity index (χ0n) is 8.37. The summed E-state index contributed by atoms with van der Waals surface area (Å²) >= 11 is 0.945. The lowest BCUT2D eigenvalue weighted by Gasteiger charge is -2.03. The van der Waals surface area contributed by atoms with Gasteiger partial charge >= 0.3 is 5.97 Å². The van der Waals surface area contributed by atoms with Crippen LogP contribution >= 0.6 is 11.8 Å². The van der Waals surface area contributed by atoms with E-state index in [9.17, 15) is 9.18 Å². The first-order chi connectivity index (χ1) is 8.18. The van der Waals surface area contributed by atoms with Crippen LogP contribution in [0.15, 0.2) is 40.9 Å². The monoisotopic (exact) mass is 251 g/mol. The number of pyridine rings is 1. The number of aromatic carboxylic acids is 1. The van der Waals surface area contributed by atoms with E-state index in [1.807, 2.05) is 0 Å². The molecule has 0 aliphatic carbocycles. The van der Waals surface area contributed by atoms with E-state index in [1.165, 1.54) is 18.7 Å². The minimum atomic E-state index is -1.32. The molecule has 17 heavy (non-hydrogen) atoms. The predicted octanol–water partition coefficient (Wildman–Crippen LogP) is 1.86. The van der Waals surface area contributed by atoms with Crippen LogP contribution in [0, 0.1) is 5.82 Å². The summed E-state index contributed by atoms with van der Waals surface area (Å²) in [5.41, 5.74) is -0.406. The van der Waals surface area contributed by atoms with Crippen LogP contribution in [0.2, 0.25) is 0 Å². The highest BCUT2D eigenvalue weighted by Crippen LogP contribution is 2.27. The second-order valence-corrected chi connectivity index (χ2v) is 3.94. The van der Waals surface area contributed by atoms with Crippen LogP contribution in [0.3, 0.4) is 0 Å². The molecule has 0 saturated heterocycles. The first kappa shape index (κ1) is 11.5. The first-order valence-electron chi connectivity index (χ1n) is 4.50. The molecule has 0 aliphatic rings. The molecule has 5 nitrogen and oxygen atoms in total. The van der Waals surface area contributed by atoms with Crippen LogP contribution in [0.25, 0.3) is 0 Å². The van der Waals surface area contributed by atoms with Crippen molar-refractivity contribution in [2.24, 2.45) is 0 Å². The van der Waals surface area contributed by atoms with Crippen molar-refractivity contribution in [1.82, 2.24) is 15.0 Å². The quantitative estimate of drug-likeness (QED) is 0.839. The fourth-order valence-corrected chi connectivity index (χ4v) is 1.84. The molecule has 7 heteroatoms. The second kappa shape index (κ2) is 4.88. The molecule has 0 spiro atoms. The lowest BCUT2D eigenvalue weighted by atomic mass is 10.3. The Morgan fingerprint density at radius 1 is 1.29 bits per heavy atom. The van der Waals surface area contributed by atoms with E-state index in [1.54, 1.807) is 6.07 Å². The molecule has 0 atom stereocenters. The minimum Gasteiger partial charge on any atom is -0.478 e. The minimum absolute atomic E-state index is 0.0244. The fourth-order valence-electron chi connectivity index (χ4n) is 1.10. The third kappa shape index (κ3) is 2.56. The van der Waals surface area contributed by atoms with Gasteiger partial charge in [-0.25, -0.2) is 24.1 Å². The standard InChI is InChI=1S/C10H6FN3O2S/c11-8-6(10(15)16)1-4-13-9(8)17-7-2-3-12-5-14-7/h1-5H,(H,15,16). The average molecular weight is 251 g/mol. The van der Waals surface area contributed by atoms with Gasteiger partial charge in [0.1, 0.15) is 16.4 Å². The molecule has 0 aliphatic heterocycles. The summed E-state index contributed by atoms with van der Waals surface area (Å²) in [6.07, 6.45) is 4.08. The van der Waals surface area contributed by atoms with Gasteiger partial charge in [0, 0.05) is 12.4 Å². The van der Waals surface area contributed by atoms with Gasteiger partial charge in [0.25, 0.3) is 0 Å². The van der Waals surface area contributed by atoms with Crippen LogP contribution < -0.4 is 0 Å². The molecule has 0 radical (unpaired) electrons. The molecule has 0 amide bonds. The van der Waals surface area contributed by atoms with E-state index in [2.05, 4.69) is 15.0 Å². The predicted molar refractivity (Wildman–Crippen MR) is 57.3 cm³/mol. The summed E-state index contributed by atoms with van der Waals surface area (Å²) in [7, 11) is 0. The molecule has 2 aromatic heterocycles. The third-order valence-electron chi connectivity index (χ3n) is 1.84. The van der Waals surface area contributed by atoms with Crippen molar-refractivity contribution in [2.45, 2.75) is 10.1 Å². The Bertz CT molecular complexity index is 551. The number of carbonyl (C=O) groups is 1. The molecule has 0 bridgehead atoms. The Labute approximate surface area is 99.8 Å². The number of carboxylic acid groups (broad SMARTS) is 1. The zero-order valence-corrected chi connectivity index (χ0v) is 9.19. The van der Waals surface area contributed by atoms with E-state index in [0.29, 0.717) is 5.03 Å². The van der Waals surface area contributed by atoms with Crippen LogP contribution in [0.5, 0.6) is 0 Å². The van der Waals surface area contributed by atoms with E-state index in [-0.39, 0.29) is 5.03 Å². The van der Waals surface area contributed by atoms with Gasteiger partial charge in [-0.3, -0.25) is 0 Å². The largest absolute Gasteiger partial charge is 0.478 e. The molecule has 0 saturated carbocycles. The van der Waals surface area contributed by atoms with Crippen molar-refractivity contribution in [2.75, 3.05) is 0 Å². The number of hydrogen-bond acceptors (Lipinski definition) is 5. The maximum Gasteiger partial charge on any atom is 0.338 e. The smallest absolute Gasteiger partial charge is 0.338 e. The normalized spacial score (nSPS) is 10.2. The molecule has 2 heterocycles. The second-order valence-electron chi connectivity index (χ2n) is 2.93. The van der Waals surface area contributed by atoms with Gasteiger partial charge in [0.2, 0.25) is 0 Å². The van der Waals surface area contributed by atoms with E-state index in [0.717, 1.165) is 17.8 Å². The van der Waals surface area contributed by atoms with E-state index < -0.39 is 17.3 Å². The van der Waals surface area contributed by atoms with Crippen LogP contribution in [-0.2, 0) is 0 Å². The lowest BCUT2D eigenvalue weighted by Crippen LogP contribution is -2.02. The number of nitrogens with zero attached hydrogens (tertiary/aromatic N) is 3. The molecule has 0 fully saturated rings.